The molecule has 4 rings (SSSR count). The molecule has 0 spiro atoms. The van der Waals surface area contributed by atoms with Crippen LogP contribution in [-0.2, 0) is 4.79 Å². The summed E-state index contributed by atoms with van der Waals surface area (Å²) >= 11 is 1.11. The Hall–Kier alpha value is -4.28. The van der Waals surface area contributed by atoms with Gasteiger partial charge in [0.2, 0.25) is 0 Å². The smallest absolute Gasteiger partial charge is 0.273 e. The minimum Gasteiger partial charge on any atom is -0.345 e. The number of nitriles is 1. The standard InChI is InChI=1S/C26H20N4O2S/c1-18(20-10-4-2-5-11-20)29-24(31)22(16-27)26-30(21-12-6-3-7-13-21)25(32)23(33-26)15-19-9-8-14-28-17-19/h2-15,17-18H,1H3,(H,29,31)/b23-15+,26-22-/t18-/m0/s1. The maximum Gasteiger partial charge on any atom is 0.273 e. The first-order valence-electron chi connectivity index (χ1n) is 10.3. The molecule has 2 aromatic heterocycles. The van der Waals surface area contributed by atoms with Crippen LogP contribution < -0.4 is 20.1 Å². The molecule has 2 aromatic carbocycles. The van der Waals surface area contributed by atoms with E-state index in [1.165, 1.54) is 4.57 Å². The Morgan fingerprint density at radius 1 is 1.09 bits per heavy atom. The van der Waals surface area contributed by atoms with Crippen LogP contribution in [0.5, 0.6) is 0 Å². The van der Waals surface area contributed by atoms with Crippen molar-refractivity contribution in [2.75, 3.05) is 0 Å². The minimum absolute atomic E-state index is 0.116. The molecule has 0 aliphatic carbocycles. The number of hydrogen-bond acceptors (Lipinski definition) is 5. The summed E-state index contributed by atoms with van der Waals surface area (Å²) in [4.78, 5) is 30.6. The third kappa shape index (κ3) is 4.81. The normalized spacial score (nSPS) is 13.2. The average molecular weight is 453 g/mol. The summed E-state index contributed by atoms with van der Waals surface area (Å²) in [6.07, 6.45) is 5.01. The van der Waals surface area contributed by atoms with E-state index in [0.717, 1.165) is 22.5 Å². The van der Waals surface area contributed by atoms with Gasteiger partial charge in [0.1, 0.15) is 10.7 Å². The first kappa shape index (κ1) is 21.9. The van der Waals surface area contributed by atoms with Crippen LogP contribution in [-0.4, -0.2) is 15.5 Å². The number of pyridine rings is 1. The van der Waals surface area contributed by atoms with Crippen LogP contribution in [0.4, 0.5) is 0 Å². The molecule has 6 nitrogen and oxygen atoms in total. The van der Waals surface area contributed by atoms with Crippen LogP contribution in [0.2, 0.25) is 0 Å². The number of benzene rings is 2. The largest absolute Gasteiger partial charge is 0.345 e. The van der Waals surface area contributed by atoms with Gasteiger partial charge >= 0.3 is 0 Å². The SMILES string of the molecule is C[C@H](NC(=O)/C(C#N)=c1\s/c(=C/c2cccnc2)c(=O)n1-c1ccccc1)c1ccccc1. The van der Waals surface area contributed by atoms with E-state index in [9.17, 15) is 14.9 Å². The van der Waals surface area contributed by atoms with Crippen LogP contribution in [0.1, 0.15) is 24.1 Å². The number of nitrogens with one attached hydrogen (secondary N) is 1. The Kier molecular flexibility index (Phi) is 6.58. The summed E-state index contributed by atoms with van der Waals surface area (Å²) in [6.45, 7) is 1.85. The van der Waals surface area contributed by atoms with Crippen molar-refractivity contribution >= 4 is 28.9 Å². The Morgan fingerprint density at radius 2 is 1.79 bits per heavy atom. The van der Waals surface area contributed by atoms with Crippen molar-refractivity contribution < 1.29 is 4.79 Å². The Labute approximate surface area is 194 Å². The van der Waals surface area contributed by atoms with E-state index in [-0.39, 0.29) is 21.8 Å². The van der Waals surface area contributed by atoms with E-state index in [1.807, 2.05) is 55.5 Å². The lowest BCUT2D eigenvalue weighted by molar-refractivity contribution is -0.116. The zero-order chi connectivity index (χ0) is 23.2. The van der Waals surface area contributed by atoms with E-state index in [4.69, 9.17) is 0 Å². The summed E-state index contributed by atoms with van der Waals surface area (Å²) in [6, 6.07) is 23.8. The lowest BCUT2D eigenvalue weighted by Crippen LogP contribution is -2.34. The molecule has 33 heavy (non-hydrogen) atoms. The van der Waals surface area contributed by atoms with Crippen LogP contribution in [0.25, 0.3) is 17.3 Å². The molecule has 0 fully saturated rings. The van der Waals surface area contributed by atoms with Crippen molar-refractivity contribution in [1.29, 1.82) is 5.26 Å². The van der Waals surface area contributed by atoms with E-state index < -0.39 is 5.91 Å². The fourth-order valence-corrected chi connectivity index (χ4v) is 4.47. The van der Waals surface area contributed by atoms with Gasteiger partial charge in [-0.3, -0.25) is 19.1 Å². The van der Waals surface area contributed by atoms with Gasteiger partial charge in [-0.2, -0.15) is 5.26 Å². The fourth-order valence-electron chi connectivity index (χ4n) is 3.36. The van der Waals surface area contributed by atoms with Gasteiger partial charge in [-0.1, -0.05) is 54.6 Å². The molecule has 4 aromatic rings. The van der Waals surface area contributed by atoms with Crippen LogP contribution >= 0.6 is 11.3 Å². The highest BCUT2D eigenvalue weighted by atomic mass is 32.1. The number of carbonyl (C=O) groups excluding carboxylic acids is 1. The van der Waals surface area contributed by atoms with Gasteiger partial charge in [-0.25, -0.2) is 0 Å². The fraction of sp³-hybridized carbons (Fsp3) is 0.0769. The molecule has 0 radical (unpaired) electrons. The molecule has 0 aliphatic rings. The average Bonchev–Trinajstić information content (AvgIpc) is 3.16. The number of thiazole rings is 1. The minimum atomic E-state index is -0.535. The zero-order valence-corrected chi connectivity index (χ0v) is 18.6. The van der Waals surface area contributed by atoms with Crippen molar-refractivity contribution in [2.45, 2.75) is 13.0 Å². The second-order valence-electron chi connectivity index (χ2n) is 7.27. The van der Waals surface area contributed by atoms with Gasteiger partial charge in [0.25, 0.3) is 11.5 Å². The number of rotatable bonds is 5. The van der Waals surface area contributed by atoms with Crippen molar-refractivity contribution in [3.8, 4) is 11.8 Å². The van der Waals surface area contributed by atoms with Gasteiger partial charge in [0.15, 0.2) is 5.57 Å². The quantitative estimate of drug-likeness (QED) is 0.504. The maximum atomic E-state index is 13.3. The molecule has 1 N–H and O–H groups in total. The number of carbonyl (C=O) groups is 1. The molecule has 0 saturated carbocycles. The number of amides is 1. The van der Waals surface area contributed by atoms with Gasteiger partial charge in [-0.05, 0) is 42.3 Å². The van der Waals surface area contributed by atoms with Gasteiger partial charge in [-0.15, -0.1) is 11.3 Å². The summed E-state index contributed by atoms with van der Waals surface area (Å²) in [5, 5.41) is 12.8. The highest BCUT2D eigenvalue weighted by Gasteiger charge is 2.19. The highest BCUT2D eigenvalue weighted by molar-refractivity contribution is 7.07. The van der Waals surface area contributed by atoms with Crippen LogP contribution in [0.15, 0.2) is 90.0 Å². The van der Waals surface area contributed by atoms with Crippen molar-refractivity contribution in [2.24, 2.45) is 0 Å². The van der Waals surface area contributed by atoms with E-state index in [2.05, 4.69) is 10.3 Å². The molecule has 0 unspecified atom stereocenters. The number of hydrogen-bond donors (Lipinski definition) is 1. The predicted octanol–water partition coefficient (Wildman–Crippen LogP) is 2.67. The van der Waals surface area contributed by atoms with E-state index in [0.29, 0.717) is 10.2 Å². The first-order valence-corrected chi connectivity index (χ1v) is 11.1. The Bertz CT molecular complexity index is 1490. The summed E-state index contributed by atoms with van der Waals surface area (Å²) in [7, 11) is 0. The lowest BCUT2D eigenvalue weighted by atomic mass is 10.1. The third-order valence-corrected chi connectivity index (χ3v) is 6.11. The van der Waals surface area contributed by atoms with Crippen molar-refractivity contribution in [1.82, 2.24) is 14.9 Å². The number of aromatic nitrogens is 2. The molecule has 1 amide bonds. The topological polar surface area (TPSA) is 87.8 Å². The summed E-state index contributed by atoms with van der Waals surface area (Å²) < 4.78 is 2.10. The van der Waals surface area contributed by atoms with Crippen LogP contribution in [0, 0.1) is 11.3 Å². The summed E-state index contributed by atoms with van der Waals surface area (Å²) in [5.74, 6) is -0.535. The highest BCUT2D eigenvalue weighted by Crippen LogP contribution is 2.12. The third-order valence-electron chi connectivity index (χ3n) is 5.02. The molecule has 0 saturated heterocycles. The van der Waals surface area contributed by atoms with Gasteiger partial charge < -0.3 is 5.32 Å². The van der Waals surface area contributed by atoms with Gasteiger partial charge in [0.05, 0.1) is 16.3 Å². The molecular formula is C26H20N4O2S. The monoisotopic (exact) mass is 452 g/mol. The maximum absolute atomic E-state index is 13.3. The summed E-state index contributed by atoms with van der Waals surface area (Å²) in [5.41, 5.74) is 1.83. The van der Waals surface area contributed by atoms with Crippen molar-refractivity contribution in [3.63, 3.8) is 0 Å². The Morgan fingerprint density at radius 3 is 2.42 bits per heavy atom. The zero-order valence-electron chi connectivity index (χ0n) is 17.8. The Balaban J connectivity index is 1.89. The first-order chi connectivity index (χ1) is 16.1. The lowest BCUT2D eigenvalue weighted by Gasteiger charge is -2.13. The molecule has 0 bridgehead atoms. The molecule has 0 aliphatic heterocycles. The predicted molar refractivity (Wildman–Crippen MR) is 129 cm³/mol. The molecule has 162 valence electrons. The van der Waals surface area contributed by atoms with Crippen molar-refractivity contribution in [3.05, 3.63) is 116 Å². The molecular weight excluding hydrogens is 432 g/mol. The number of para-hydroxylation sites is 1. The second-order valence-corrected chi connectivity index (χ2v) is 8.30. The van der Waals surface area contributed by atoms with E-state index >= 15 is 0 Å². The number of nitrogens with zero attached hydrogens (tertiary/aromatic N) is 3. The second kappa shape index (κ2) is 9.90. The van der Waals surface area contributed by atoms with Crippen LogP contribution in [0.3, 0.4) is 0 Å². The van der Waals surface area contributed by atoms with Gasteiger partial charge in [0, 0.05) is 12.4 Å². The molecule has 2 heterocycles. The molecule has 7 heteroatoms. The molecule has 1 atom stereocenters. The van der Waals surface area contributed by atoms with E-state index in [1.54, 1.807) is 48.8 Å².